The van der Waals surface area contributed by atoms with Gasteiger partial charge in [0.25, 0.3) is 0 Å². The Morgan fingerprint density at radius 3 is 2.50 bits per heavy atom. The summed E-state index contributed by atoms with van der Waals surface area (Å²) in [6.45, 7) is 8.50. The van der Waals surface area contributed by atoms with Crippen molar-refractivity contribution >= 4 is 11.3 Å². The van der Waals surface area contributed by atoms with Gasteiger partial charge in [0.05, 0.1) is 6.04 Å². The highest BCUT2D eigenvalue weighted by atomic mass is 32.1. The van der Waals surface area contributed by atoms with Crippen molar-refractivity contribution in [1.29, 1.82) is 0 Å². The number of hydrogen-bond acceptors (Lipinski definition) is 3. The lowest BCUT2D eigenvalue weighted by Gasteiger charge is -2.17. The van der Waals surface area contributed by atoms with Gasteiger partial charge in [0.2, 0.25) is 0 Å². The normalized spacial score (nSPS) is 14.7. The topological polar surface area (TPSA) is 25.2 Å². The Morgan fingerprint density at radius 1 is 1.17 bits per heavy atom. The molecule has 0 amide bonds. The highest BCUT2D eigenvalue weighted by Gasteiger charge is 2.13. The van der Waals surface area contributed by atoms with E-state index in [-0.39, 0.29) is 6.04 Å². The van der Waals surface area contributed by atoms with Gasteiger partial charge in [-0.25, -0.2) is 0 Å². The lowest BCUT2D eigenvalue weighted by atomic mass is 10.1. The zero-order valence-corrected chi connectivity index (χ0v) is 12.3. The molecule has 0 saturated carbocycles. The molecule has 3 heteroatoms. The van der Waals surface area contributed by atoms with Crippen molar-refractivity contribution in [3.05, 3.63) is 45.5 Å². The van der Waals surface area contributed by atoms with Crippen molar-refractivity contribution in [2.24, 2.45) is 0 Å². The van der Waals surface area contributed by atoms with Gasteiger partial charge in [-0.3, -0.25) is 0 Å². The highest BCUT2D eigenvalue weighted by molar-refractivity contribution is 7.11. The summed E-state index contributed by atoms with van der Waals surface area (Å²) >= 11 is 1.88. The molecule has 0 aliphatic carbocycles. The van der Waals surface area contributed by atoms with Gasteiger partial charge in [0.1, 0.15) is 11.5 Å². The molecule has 98 valence electrons. The van der Waals surface area contributed by atoms with Gasteiger partial charge in [-0.2, -0.15) is 0 Å². The molecule has 2 aromatic heterocycles. The minimum atomic E-state index is 0.259. The van der Waals surface area contributed by atoms with Crippen LogP contribution in [-0.2, 0) is 6.42 Å². The first-order valence-corrected chi connectivity index (χ1v) is 7.24. The number of hydrogen-bond donors (Lipinski definition) is 1. The van der Waals surface area contributed by atoms with Crippen molar-refractivity contribution in [3.63, 3.8) is 0 Å². The quantitative estimate of drug-likeness (QED) is 0.873. The Labute approximate surface area is 113 Å². The SMILES string of the molecule is Cc1ccc(C(C)NC(C)Cc2ccc(C)s2)o1. The standard InChI is InChI=1S/C15H21NOS/c1-10(9-14-7-6-12(3)18-14)16-13(4)15-8-5-11(2)17-15/h5-8,10,13,16H,9H2,1-4H3. The monoisotopic (exact) mass is 263 g/mol. The average molecular weight is 263 g/mol. The molecule has 2 aromatic rings. The van der Waals surface area contributed by atoms with E-state index in [1.165, 1.54) is 9.75 Å². The number of aryl methyl sites for hydroxylation is 2. The summed E-state index contributed by atoms with van der Waals surface area (Å²) in [6.07, 6.45) is 1.07. The molecule has 0 spiro atoms. The van der Waals surface area contributed by atoms with Crippen molar-refractivity contribution in [3.8, 4) is 0 Å². The molecule has 18 heavy (non-hydrogen) atoms. The first-order chi connectivity index (χ1) is 8.54. The fourth-order valence-electron chi connectivity index (χ4n) is 2.15. The third-order valence-electron chi connectivity index (χ3n) is 3.03. The largest absolute Gasteiger partial charge is 0.465 e. The molecule has 0 aliphatic heterocycles. The van der Waals surface area contributed by atoms with Crippen LogP contribution in [0.2, 0.25) is 0 Å². The molecule has 0 aliphatic rings. The van der Waals surface area contributed by atoms with Crippen LogP contribution in [0.25, 0.3) is 0 Å². The first-order valence-electron chi connectivity index (χ1n) is 6.42. The van der Waals surface area contributed by atoms with E-state index >= 15 is 0 Å². The van der Waals surface area contributed by atoms with Crippen LogP contribution in [0.5, 0.6) is 0 Å². The number of furan rings is 1. The van der Waals surface area contributed by atoms with E-state index < -0.39 is 0 Å². The Bertz CT molecular complexity index is 500. The molecule has 1 N–H and O–H groups in total. The van der Waals surface area contributed by atoms with Crippen LogP contribution in [0, 0.1) is 13.8 Å². The summed E-state index contributed by atoms with van der Waals surface area (Å²) in [5, 5.41) is 3.58. The summed E-state index contributed by atoms with van der Waals surface area (Å²) < 4.78 is 5.64. The minimum Gasteiger partial charge on any atom is -0.465 e. The molecule has 2 heterocycles. The van der Waals surface area contributed by atoms with Crippen LogP contribution in [0.4, 0.5) is 0 Å². The lowest BCUT2D eigenvalue weighted by molar-refractivity contribution is 0.388. The second-order valence-corrected chi connectivity index (χ2v) is 6.33. The van der Waals surface area contributed by atoms with Gasteiger partial charge >= 0.3 is 0 Å². The van der Waals surface area contributed by atoms with E-state index in [0.717, 1.165) is 17.9 Å². The van der Waals surface area contributed by atoms with E-state index in [9.17, 15) is 0 Å². The van der Waals surface area contributed by atoms with Gasteiger partial charge in [0.15, 0.2) is 0 Å². The summed E-state index contributed by atoms with van der Waals surface area (Å²) in [6, 6.07) is 9.18. The zero-order chi connectivity index (χ0) is 13.1. The van der Waals surface area contributed by atoms with E-state index in [2.05, 4.69) is 44.3 Å². The Balaban J connectivity index is 1.89. The molecular weight excluding hydrogens is 242 g/mol. The molecule has 0 saturated heterocycles. The van der Waals surface area contributed by atoms with Gasteiger partial charge in [-0.1, -0.05) is 0 Å². The molecule has 0 bridgehead atoms. The molecular formula is C15H21NOS. The van der Waals surface area contributed by atoms with E-state index in [0.29, 0.717) is 6.04 Å². The van der Waals surface area contributed by atoms with Crippen LogP contribution in [0.1, 0.15) is 41.2 Å². The molecule has 2 rings (SSSR count). The van der Waals surface area contributed by atoms with Crippen molar-refractivity contribution in [1.82, 2.24) is 5.32 Å². The van der Waals surface area contributed by atoms with E-state index in [1.807, 2.05) is 24.3 Å². The Morgan fingerprint density at radius 2 is 1.94 bits per heavy atom. The zero-order valence-electron chi connectivity index (χ0n) is 11.5. The van der Waals surface area contributed by atoms with E-state index in [1.54, 1.807) is 0 Å². The van der Waals surface area contributed by atoms with Crippen LogP contribution in [0.15, 0.2) is 28.7 Å². The van der Waals surface area contributed by atoms with Crippen LogP contribution in [0.3, 0.4) is 0 Å². The fourth-order valence-corrected chi connectivity index (χ4v) is 3.17. The van der Waals surface area contributed by atoms with Gasteiger partial charge in [0, 0.05) is 15.8 Å². The average Bonchev–Trinajstić information content (AvgIpc) is 2.87. The predicted octanol–water partition coefficient (Wildman–Crippen LogP) is 4.24. The van der Waals surface area contributed by atoms with Crippen molar-refractivity contribution in [2.75, 3.05) is 0 Å². The summed E-state index contributed by atoms with van der Waals surface area (Å²) in [5.41, 5.74) is 0. The maximum Gasteiger partial charge on any atom is 0.120 e. The van der Waals surface area contributed by atoms with Crippen LogP contribution in [-0.4, -0.2) is 6.04 Å². The summed E-state index contributed by atoms with van der Waals surface area (Å²) in [4.78, 5) is 2.82. The fraction of sp³-hybridized carbons (Fsp3) is 0.467. The predicted molar refractivity (Wildman–Crippen MR) is 77.2 cm³/mol. The summed E-state index contributed by atoms with van der Waals surface area (Å²) in [7, 11) is 0. The molecule has 0 fully saturated rings. The summed E-state index contributed by atoms with van der Waals surface area (Å²) in [5.74, 6) is 1.99. The maximum atomic E-state index is 5.64. The second-order valence-electron chi connectivity index (χ2n) is 4.95. The third-order valence-corrected chi connectivity index (χ3v) is 4.05. The number of nitrogens with one attached hydrogen (secondary N) is 1. The first kappa shape index (κ1) is 13.4. The van der Waals surface area contributed by atoms with Gasteiger partial charge < -0.3 is 9.73 Å². The van der Waals surface area contributed by atoms with Gasteiger partial charge in [-0.15, -0.1) is 11.3 Å². The molecule has 0 aromatic carbocycles. The highest BCUT2D eigenvalue weighted by Crippen LogP contribution is 2.19. The maximum absolute atomic E-state index is 5.64. The minimum absolute atomic E-state index is 0.259. The molecule has 2 nitrogen and oxygen atoms in total. The number of rotatable bonds is 5. The Kier molecular flexibility index (Phi) is 4.25. The molecule has 0 radical (unpaired) electrons. The Hall–Kier alpha value is -1.06. The lowest BCUT2D eigenvalue weighted by Crippen LogP contribution is -2.30. The van der Waals surface area contributed by atoms with E-state index in [4.69, 9.17) is 4.42 Å². The second kappa shape index (κ2) is 5.72. The van der Waals surface area contributed by atoms with Gasteiger partial charge in [-0.05, 0) is 58.4 Å². The van der Waals surface area contributed by atoms with Crippen molar-refractivity contribution in [2.45, 2.75) is 46.2 Å². The molecule has 2 atom stereocenters. The van der Waals surface area contributed by atoms with Crippen molar-refractivity contribution < 1.29 is 4.42 Å². The smallest absolute Gasteiger partial charge is 0.120 e. The van der Waals surface area contributed by atoms with Crippen LogP contribution >= 0.6 is 11.3 Å². The van der Waals surface area contributed by atoms with Crippen LogP contribution < -0.4 is 5.32 Å². The third kappa shape index (κ3) is 3.47. The molecule has 2 unspecified atom stereocenters. The number of thiophene rings is 1.